The first-order valence-corrected chi connectivity index (χ1v) is 10.1. The smallest absolute Gasteiger partial charge is 0.224 e. The zero-order valence-electron chi connectivity index (χ0n) is 16.1. The first kappa shape index (κ1) is 19.1. The molecule has 0 aliphatic carbocycles. The molecule has 2 fully saturated rings. The van der Waals surface area contributed by atoms with Gasteiger partial charge in [-0.2, -0.15) is 0 Å². The molecule has 3 rings (SSSR count). The maximum absolute atomic E-state index is 13.0. The molecule has 1 amide bonds. The highest BCUT2D eigenvalue weighted by atomic mass is 32.1. The summed E-state index contributed by atoms with van der Waals surface area (Å²) in [5.41, 5.74) is 1.17. The van der Waals surface area contributed by atoms with Gasteiger partial charge in [0.15, 0.2) is 5.11 Å². The Kier molecular flexibility index (Phi) is 5.80. The molecule has 0 aromatic carbocycles. The van der Waals surface area contributed by atoms with Crippen LogP contribution in [0.25, 0.3) is 0 Å². The van der Waals surface area contributed by atoms with Crippen molar-refractivity contribution in [3.05, 3.63) is 30.1 Å². The minimum Gasteiger partial charge on any atom is -0.358 e. The Bertz CT molecular complexity index is 648. The topological polar surface area (TPSA) is 48.5 Å². The fourth-order valence-electron chi connectivity index (χ4n) is 4.29. The molecule has 2 aliphatic heterocycles. The van der Waals surface area contributed by atoms with Crippen molar-refractivity contribution in [3.63, 3.8) is 0 Å². The number of piperidine rings is 1. The molecule has 3 heterocycles. The second-order valence-electron chi connectivity index (χ2n) is 8.20. The molecule has 1 aromatic heterocycles. The highest BCUT2D eigenvalue weighted by molar-refractivity contribution is 7.80. The number of carbonyl (C=O) groups is 1. The third kappa shape index (κ3) is 4.34. The number of aromatic nitrogens is 1. The number of nitrogens with zero attached hydrogens (tertiary/aromatic N) is 3. The summed E-state index contributed by atoms with van der Waals surface area (Å²) in [6.45, 7) is 8.05. The van der Waals surface area contributed by atoms with E-state index in [1.54, 1.807) is 6.20 Å². The number of likely N-dealkylation sites (tertiary alicyclic amines) is 1. The highest BCUT2D eigenvalue weighted by Crippen LogP contribution is 2.31. The zero-order valence-corrected chi connectivity index (χ0v) is 16.9. The number of pyridine rings is 1. The van der Waals surface area contributed by atoms with Crippen LogP contribution in [0.4, 0.5) is 0 Å². The summed E-state index contributed by atoms with van der Waals surface area (Å²) in [6.07, 6.45) is 8.46. The van der Waals surface area contributed by atoms with Crippen LogP contribution in [0.3, 0.4) is 0 Å². The van der Waals surface area contributed by atoms with Crippen LogP contribution in [-0.2, 0) is 4.79 Å². The Morgan fingerprint density at radius 2 is 2.23 bits per heavy atom. The third-order valence-corrected chi connectivity index (χ3v) is 5.84. The average Bonchev–Trinajstić information content (AvgIpc) is 2.60. The standard InChI is InChI=1S/C20H30N4OS/c1-15-13-20(2,3)22-19(26)23(15)12-9-18(25)24-11-5-4-8-17(24)16-7-6-10-21-14-16/h6-7,10,14-15,17H,4-5,8-9,11-13H2,1-3H3,(H,22,26). The lowest BCUT2D eigenvalue weighted by atomic mass is 9.93. The zero-order chi connectivity index (χ0) is 18.7. The van der Waals surface area contributed by atoms with Crippen LogP contribution in [0.2, 0.25) is 0 Å². The van der Waals surface area contributed by atoms with Crippen LogP contribution < -0.4 is 5.32 Å². The Morgan fingerprint density at radius 3 is 2.92 bits per heavy atom. The maximum Gasteiger partial charge on any atom is 0.224 e. The van der Waals surface area contributed by atoms with Gasteiger partial charge in [0.2, 0.25) is 5.91 Å². The van der Waals surface area contributed by atoms with E-state index in [1.165, 1.54) is 0 Å². The lowest BCUT2D eigenvalue weighted by molar-refractivity contribution is -0.135. The summed E-state index contributed by atoms with van der Waals surface area (Å²) in [4.78, 5) is 21.4. The van der Waals surface area contributed by atoms with Gasteiger partial charge in [-0.05, 0) is 70.3 Å². The Hall–Kier alpha value is -1.69. The Labute approximate surface area is 162 Å². The van der Waals surface area contributed by atoms with Gasteiger partial charge in [-0.1, -0.05) is 6.07 Å². The Morgan fingerprint density at radius 1 is 1.42 bits per heavy atom. The molecule has 1 N–H and O–H groups in total. The fraction of sp³-hybridized carbons (Fsp3) is 0.650. The SMILES string of the molecule is CC1CC(C)(C)NC(=S)N1CCC(=O)N1CCCCC1c1cccnc1. The first-order chi connectivity index (χ1) is 12.4. The highest BCUT2D eigenvalue weighted by Gasteiger charge is 2.34. The molecule has 2 atom stereocenters. The van der Waals surface area contributed by atoms with Gasteiger partial charge in [-0.25, -0.2) is 0 Å². The average molecular weight is 375 g/mol. The summed E-state index contributed by atoms with van der Waals surface area (Å²) in [5.74, 6) is 0.221. The number of nitrogens with one attached hydrogen (secondary N) is 1. The molecular weight excluding hydrogens is 344 g/mol. The molecule has 142 valence electrons. The van der Waals surface area contributed by atoms with Gasteiger partial charge in [-0.3, -0.25) is 9.78 Å². The molecule has 5 nitrogen and oxygen atoms in total. The second kappa shape index (κ2) is 7.91. The molecule has 0 spiro atoms. The largest absolute Gasteiger partial charge is 0.358 e. The molecule has 2 saturated heterocycles. The number of hydrogen-bond donors (Lipinski definition) is 1. The van der Waals surface area contributed by atoms with Crippen LogP contribution in [-0.4, -0.2) is 50.5 Å². The van der Waals surface area contributed by atoms with Gasteiger partial charge in [0.25, 0.3) is 0 Å². The van der Waals surface area contributed by atoms with E-state index in [0.717, 1.165) is 42.9 Å². The second-order valence-corrected chi connectivity index (χ2v) is 8.58. The van der Waals surface area contributed by atoms with Gasteiger partial charge in [0.05, 0.1) is 6.04 Å². The number of thiocarbonyl (C=S) groups is 1. The number of rotatable bonds is 4. The van der Waals surface area contributed by atoms with Crippen LogP contribution in [0.15, 0.2) is 24.5 Å². The summed E-state index contributed by atoms with van der Waals surface area (Å²) < 4.78 is 0. The van der Waals surface area contributed by atoms with Crippen molar-refractivity contribution in [2.24, 2.45) is 0 Å². The summed E-state index contributed by atoms with van der Waals surface area (Å²) >= 11 is 5.54. The van der Waals surface area contributed by atoms with Crippen molar-refractivity contribution >= 4 is 23.2 Å². The van der Waals surface area contributed by atoms with Gasteiger partial charge < -0.3 is 15.1 Å². The van der Waals surface area contributed by atoms with E-state index in [4.69, 9.17) is 12.2 Å². The van der Waals surface area contributed by atoms with Gasteiger partial charge in [0.1, 0.15) is 0 Å². The first-order valence-electron chi connectivity index (χ1n) is 9.65. The fourth-order valence-corrected chi connectivity index (χ4v) is 4.84. The van der Waals surface area contributed by atoms with E-state index in [1.807, 2.05) is 12.3 Å². The molecule has 0 radical (unpaired) electrons. The van der Waals surface area contributed by atoms with Crippen LogP contribution in [0.1, 0.15) is 64.5 Å². The van der Waals surface area contributed by atoms with E-state index < -0.39 is 0 Å². The van der Waals surface area contributed by atoms with Crippen molar-refractivity contribution in [1.29, 1.82) is 0 Å². The van der Waals surface area contributed by atoms with E-state index in [9.17, 15) is 4.79 Å². The maximum atomic E-state index is 13.0. The van der Waals surface area contributed by atoms with Crippen molar-refractivity contribution in [1.82, 2.24) is 20.1 Å². The lowest BCUT2D eigenvalue weighted by Gasteiger charge is -2.45. The number of amides is 1. The minimum absolute atomic E-state index is 0.0231. The summed E-state index contributed by atoms with van der Waals surface area (Å²) in [7, 11) is 0. The van der Waals surface area contributed by atoms with E-state index in [0.29, 0.717) is 19.0 Å². The molecule has 0 saturated carbocycles. The van der Waals surface area contributed by atoms with Crippen molar-refractivity contribution < 1.29 is 4.79 Å². The van der Waals surface area contributed by atoms with Gasteiger partial charge in [0, 0.05) is 43.5 Å². The number of carbonyl (C=O) groups excluding carboxylic acids is 1. The molecule has 0 bridgehead atoms. The third-order valence-electron chi connectivity index (χ3n) is 5.50. The Balaban J connectivity index is 1.62. The molecule has 26 heavy (non-hydrogen) atoms. The quantitative estimate of drug-likeness (QED) is 0.820. The monoisotopic (exact) mass is 374 g/mol. The molecular formula is C20H30N4OS. The molecule has 2 aliphatic rings. The predicted molar refractivity (Wildman–Crippen MR) is 108 cm³/mol. The molecule has 6 heteroatoms. The minimum atomic E-state index is 0.0231. The number of hydrogen-bond acceptors (Lipinski definition) is 3. The van der Waals surface area contributed by atoms with E-state index >= 15 is 0 Å². The van der Waals surface area contributed by atoms with Gasteiger partial charge >= 0.3 is 0 Å². The van der Waals surface area contributed by atoms with E-state index in [2.05, 4.69) is 46.9 Å². The lowest BCUT2D eigenvalue weighted by Crippen LogP contribution is -2.60. The van der Waals surface area contributed by atoms with Crippen LogP contribution in [0, 0.1) is 0 Å². The predicted octanol–water partition coefficient (Wildman–Crippen LogP) is 3.27. The van der Waals surface area contributed by atoms with Crippen molar-refractivity contribution in [3.8, 4) is 0 Å². The summed E-state index contributed by atoms with van der Waals surface area (Å²) in [6, 6.07) is 4.54. The normalized spacial score (nSPS) is 25.7. The van der Waals surface area contributed by atoms with Crippen molar-refractivity contribution in [2.45, 2.75) is 70.5 Å². The summed E-state index contributed by atoms with van der Waals surface area (Å²) in [5, 5.41) is 4.17. The molecule has 1 aromatic rings. The van der Waals surface area contributed by atoms with E-state index in [-0.39, 0.29) is 17.5 Å². The van der Waals surface area contributed by atoms with Gasteiger partial charge in [-0.15, -0.1) is 0 Å². The van der Waals surface area contributed by atoms with Crippen LogP contribution in [0.5, 0.6) is 0 Å². The van der Waals surface area contributed by atoms with Crippen molar-refractivity contribution in [2.75, 3.05) is 13.1 Å². The van der Waals surface area contributed by atoms with Crippen LogP contribution >= 0.6 is 12.2 Å². The molecule has 2 unspecified atom stereocenters.